The SMILES string of the molecule is CCNC(=O)[C@H](Cc1ccccc1)N(Cc1cccc(Br)c1)C(=O)Cc1ccccc1Cl. The van der Waals surface area contributed by atoms with Crippen molar-refractivity contribution in [2.75, 3.05) is 6.54 Å². The first-order chi connectivity index (χ1) is 15.5. The number of rotatable bonds is 9. The number of carbonyl (C=O) groups excluding carboxylic acids is 2. The zero-order valence-electron chi connectivity index (χ0n) is 17.9. The molecular formula is C26H26BrClN2O2. The lowest BCUT2D eigenvalue weighted by atomic mass is 10.0. The number of hydrogen-bond donors (Lipinski definition) is 1. The summed E-state index contributed by atoms with van der Waals surface area (Å²) in [7, 11) is 0. The van der Waals surface area contributed by atoms with Crippen LogP contribution in [0.5, 0.6) is 0 Å². The lowest BCUT2D eigenvalue weighted by molar-refractivity contribution is -0.140. The molecule has 3 aromatic carbocycles. The molecule has 0 saturated carbocycles. The minimum atomic E-state index is -0.647. The van der Waals surface area contributed by atoms with Crippen LogP contribution in [0.25, 0.3) is 0 Å². The third-order valence-electron chi connectivity index (χ3n) is 5.16. The van der Waals surface area contributed by atoms with Gasteiger partial charge in [0.25, 0.3) is 0 Å². The van der Waals surface area contributed by atoms with Gasteiger partial charge in [-0.1, -0.05) is 88.2 Å². The van der Waals surface area contributed by atoms with Crippen LogP contribution in [0.2, 0.25) is 5.02 Å². The third-order valence-corrected chi connectivity index (χ3v) is 6.03. The molecule has 0 aliphatic carbocycles. The van der Waals surface area contributed by atoms with E-state index in [0.717, 1.165) is 21.2 Å². The Morgan fingerprint density at radius 3 is 2.34 bits per heavy atom. The summed E-state index contributed by atoms with van der Waals surface area (Å²) in [6, 6.07) is 24.2. The predicted octanol–water partition coefficient (Wildman–Crippen LogP) is 5.42. The van der Waals surface area contributed by atoms with Crippen molar-refractivity contribution in [1.82, 2.24) is 10.2 Å². The number of likely N-dealkylation sites (N-methyl/N-ethyl adjacent to an activating group) is 1. The van der Waals surface area contributed by atoms with E-state index in [1.165, 1.54) is 0 Å². The molecule has 6 heteroatoms. The van der Waals surface area contributed by atoms with Gasteiger partial charge in [-0.25, -0.2) is 0 Å². The van der Waals surface area contributed by atoms with Gasteiger partial charge in [0.2, 0.25) is 11.8 Å². The molecule has 0 radical (unpaired) electrons. The Kier molecular flexibility index (Phi) is 8.89. The van der Waals surface area contributed by atoms with Gasteiger partial charge >= 0.3 is 0 Å². The average Bonchev–Trinajstić information content (AvgIpc) is 2.78. The van der Waals surface area contributed by atoms with Crippen LogP contribution in [0, 0.1) is 0 Å². The minimum Gasteiger partial charge on any atom is -0.355 e. The van der Waals surface area contributed by atoms with Gasteiger partial charge in [-0.15, -0.1) is 0 Å². The van der Waals surface area contributed by atoms with E-state index in [9.17, 15) is 9.59 Å². The molecule has 0 saturated heterocycles. The number of halogens is 2. The highest BCUT2D eigenvalue weighted by Crippen LogP contribution is 2.21. The zero-order valence-corrected chi connectivity index (χ0v) is 20.3. The van der Waals surface area contributed by atoms with Crippen LogP contribution < -0.4 is 5.32 Å². The van der Waals surface area contributed by atoms with Crippen LogP contribution in [0.1, 0.15) is 23.6 Å². The summed E-state index contributed by atoms with van der Waals surface area (Å²) < 4.78 is 0.922. The summed E-state index contributed by atoms with van der Waals surface area (Å²) in [6.07, 6.45) is 0.549. The molecule has 4 nitrogen and oxygen atoms in total. The van der Waals surface area contributed by atoms with E-state index in [2.05, 4.69) is 21.2 Å². The van der Waals surface area contributed by atoms with E-state index in [1.807, 2.05) is 79.7 Å². The van der Waals surface area contributed by atoms with Crippen LogP contribution >= 0.6 is 27.5 Å². The molecule has 2 amide bonds. The van der Waals surface area contributed by atoms with Gasteiger partial charge in [-0.3, -0.25) is 9.59 Å². The van der Waals surface area contributed by atoms with Gasteiger partial charge in [-0.05, 0) is 41.8 Å². The van der Waals surface area contributed by atoms with Gasteiger partial charge in [0.05, 0.1) is 6.42 Å². The van der Waals surface area contributed by atoms with Crippen LogP contribution in [0.3, 0.4) is 0 Å². The largest absolute Gasteiger partial charge is 0.355 e. The Labute approximate surface area is 202 Å². The predicted molar refractivity (Wildman–Crippen MR) is 132 cm³/mol. The molecule has 0 bridgehead atoms. The lowest BCUT2D eigenvalue weighted by Gasteiger charge is -2.31. The summed E-state index contributed by atoms with van der Waals surface area (Å²) in [6.45, 7) is 2.69. The molecule has 166 valence electrons. The molecule has 1 atom stereocenters. The Morgan fingerprint density at radius 2 is 1.66 bits per heavy atom. The molecule has 0 fully saturated rings. The Bertz CT molecular complexity index is 1060. The molecule has 0 spiro atoms. The van der Waals surface area contributed by atoms with Crippen LogP contribution in [0.4, 0.5) is 0 Å². The zero-order chi connectivity index (χ0) is 22.9. The Balaban J connectivity index is 1.96. The van der Waals surface area contributed by atoms with Gasteiger partial charge in [0.1, 0.15) is 6.04 Å². The summed E-state index contributed by atoms with van der Waals surface area (Å²) >= 11 is 9.82. The molecule has 1 N–H and O–H groups in total. The van der Waals surface area contributed by atoms with Gasteiger partial charge < -0.3 is 10.2 Å². The van der Waals surface area contributed by atoms with Crippen LogP contribution in [-0.2, 0) is 29.0 Å². The van der Waals surface area contributed by atoms with E-state index >= 15 is 0 Å². The van der Waals surface area contributed by atoms with Crippen molar-refractivity contribution in [3.63, 3.8) is 0 Å². The van der Waals surface area contributed by atoms with Crippen molar-refractivity contribution in [2.45, 2.75) is 32.4 Å². The number of hydrogen-bond acceptors (Lipinski definition) is 2. The molecule has 32 heavy (non-hydrogen) atoms. The summed E-state index contributed by atoms with van der Waals surface area (Å²) in [5.74, 6) is -0.316. The van der Waals surface area contributed by atoms with Gasteiger partial charge in [0, 0.05) is 29.0 Å². The van der Waals surface area contributed by atoms with Crippen molar-refractivity contribution >= 4 is 39.3 Å². The van der Waals surface area contributed by atoms with Crippen molar-refractivity contribution in [3.8, 4) is 0 Å². The maximum atomic E-state index is 13.6. The Morgan fingerprint density at radius 1 is 0.969 bits per heavy atom. The third kappa shape index (κ3) is 6.68. The second kappa shape index (κ2) is 11.8. The second-order valence-electron chi connectivity index (χ2n) is 7.52. The van der Waals surface area contributed by atoms with E-state index in [4.69, 9.17) is 11.6 Å². The molecule has 0 aliphatic heterocycles. The highest BCUT2D eigenvalue weighted by atomic mass is 79.9. The molecule has 3 rings (SSSR count). The lowest BCUT2D eigenvalue weighted by Crippen LogP contribution is -2.51. The number of amides is 2. The first-order valence-corrected chi connectivity index (χ1v) is 11.7. The average molecular weight is 514 g/mol. The van der Waals surface area contributed by atoms with Gasteiger partial charge in [0.15, 0.2) is 0 Å². The maximum absolute atomic E-state index is 13.6. The van der Waals surface area contributed by atoms with E-state index < -0.39 is 6.04 Å². The molecular weight excluding hydrogens is 488 g/mol. The number of nitrogens with zero attached hydrogens (tertiary/aromatic N) is 1. The topological polar surface area (TPSA) is 49.4 Å². The van der Waals surface area contributed by atoms with Crippen LogP contribution in [-0.4, -0.2) is 29.3 Å². The first-order valence-electron chi connectivity index (χ1n) is 10.6. The fourth-order valence-corrected chi connectivity index (χ4v) is 4.23. The van der Waals surface area contributed by atoms with Crippen molar-refractivity contribution in [2.24, 2.45) is 0 Å². The normalized spacial score (nSPS) is 11.6. The van der Waals surface area contributed by atoms with E-state index in [1.54, 1.807) is 11.0 Å². The monoisotopic (exact) mass is 512 g/mol. The molecule has 0 unspecified atom stereocenters. The van der Waals surface area contributed by atoms with Gasteiger partial charge in [-0.2, -0.15) is 0 Å². The summed E-state index contributed by atoms with van der Waals surface area (Å²) in [5.41, 5.74) is 2.68. The molecule has 0 heterocycles. The smallest absolute Gasteiger partial charge is 0.243 e. The van der Waals surface area contributed by atoms with Crippen molar-refractivity contribution in [3.05, 3.63) is 105 Å². The standard InChI is InChI=1S/C26H26BrClN2O2/c1-2-29-26(32)24(16-19-9-4-3-5-10-19)30(18-20-11-8-13-22(27)15-20)25(31)17-21-12-6-7-14-23(21)28/h3-15,24H,2,16-18H2,1H3,(H,29,32)/t24-/m0/s1. The van der Waals surface area contributed by atoms with Crippen molar-refractivity contribution < 1.29 is 9.59 Å². The first kappa shape index (κ1) is 24.0. The molecule has 0 aliphatic rings. The Hall–Kier alpha value is -2.63. The minimum absolute atomic E-state index is 0.123. The highest BCUT2D eigenvalue weighted by Gasteiger charge is 2.30. The highest BCUT2D eigenvalue weighted by molar-refractivity contribution is 9.10. The fourth-order valence-electron chi connectivity index (χ4n) is 3.58. The maximum Gasteiger partial charge on any atom is 0.243 e. The summed E-state index contributed by atoms with van der Waals surface area (Å²) in [5, 5.41) is 3.45. The van der Waals surface area contributed by atoms with E-state index in [-0.39, 0.29) is 18.2 Å². The summed E-state index contributed by atoms with van der Waals surface area (Å²) in [4.78, 5) is 28.4. The van der Waals surface area contributed by atoms with Crippen molar-refractivity contribution in [1.29, 1.82) is 0 Å². The van der Waals surface area contributed by atoms with E-state index in [0.29, 0.717) is 24.5 Å². The second-order valence-corrected chi connectivity index (χ2v) is 8.84. The quantitative estimate of drug-likeness (QED) is 0.415. The van der Waals surface area contributed by atoms with Crippen LogP contribution in [0.15, 0.2) is 83.3 Å². The number of nitrogens with one attached hydrogen (secondary N) is 1. The number of carbonyl (C=O) groups is 2. The molecule has 0 aromatic heterocycles. The molecule has 3 aromatic rings. The number of benzene rings is 3. The fraction of sp³-hybridized carbons (Fsp3) is 0.231.